The highest BCUT2D eigenvalue weighted by Gasteiger charge is 2.35. The Morgan fingerprint density at radius 1 is 1.60 bits per heavy atom. The number of terminal acetylenes is 1. The van der Waals surface area contributed by atoms with E-state index in [0.29, 0.717) is 6.54 Å². The molecule has 0 bridgehead atoms. The number of hydrogen-bond donors (Lipinski definition) is 1. The summed E-state index contributed by atoms with van der Waals surface area (Å²) in [5, 5.41) is 2.63. The molecule has 0 spiro atoms. The number of rotatable bonds is 3. The van der Waals surface area contributed by atoms with Crippen LogP contribution in [-0.2, 0) is 9.59 Å². The van der Waals surface area contributed by atoms with Gasteiger partial charge in [0.25, 0.3) is 0 Å². The Labute approximate surface area is 126 Å². The lowest BCUT2D eigenvalue weighted by Gasteiger charge is -2.19. The van der Waals surface area contributed by atoms with E-state index < -0.39 is 0 Å². The van der Waals surface area contributed by atoms with Crippen LogP contribution in [0.5, 0.6) is 0 Å². The van der Waals surface area contributed by atoms with Gasteiger partial charge in [-0.15, -0.1) is 6.42 Å². The van der Waals surface area contributed by atoms with Gasteiger partial charge < -0.3 is 10.2 Å². The van der Waals surface area contributed by atoms with Gasteiger partial charge in [-0.3, -0.25) is 9.59 Å². The fourth-order valence-corrected chi connectivity index (χ4v) is 2.80. The molecule has 1 saturated heterocycles. The van der Waals surface area contributed by atoms with Crippen LogP contribution in [0.2, 0.25) is 0 Å². The molecule has 0 aliphatic carbocycles. The molecule has 1 aliphatic heterocycles. The minimum absolute atomic E-state index is 0.0312. The van der Waals surface area contributed by atoms with Crippen molar-refractivity contribution in [2.75, 3.05) is 18.0 Å². The zero-order chi connectivity index (χ0) is 14.7. The van der Waals surface area contributed by atoms with E-state index in [1.54, 1.807) is 4.90 Å². The number of benzene rings is 1. The monoisotopic (exact) mass is 334 g/mol. The lowest BCUT2D eigenvalue weighted by molar-refractivity contribution is -0.126. The minimum Gasteiger partial charge on any atom is -0.345 e. The quantitative estimate of drug-likeness (QED) is 0.858. The average molecular weight is 335 g/mol. The number of halogens is 1. The largest absolute Gasteiger partial charge is 0.345 e. The van der Waals surface area contributed by atoms with Crippen molar-refractivity contribution in [2.45, 2.75) is 13.3 Å². The van der Waals surface area contributed by atoms with Crippen molar-refractivity contribution >= 4 is 33.4 Å². The molecule has 1 aromatic rings. The fraction of sp³-hybridized carbons (Fsp3) is 0.333. The summed E-state index contributed by atoms with van der Waals surface area (Å²) in [7, 11) is 0. The summed E-state index contributed by atoms with van der Waals surface area (Å²) in [6.45, 7) is 2.54. The first kappa shape index (κ1) is 14.6. The first-order valence-electron chi connectivity index (χ1n) is 6.30. The van der Waals surface area contributed by atoms with Crippen LogP contribution in [0.15, 0.2) is 22.7 Å². The van der Waals surface area contributed by atoms with Crippen LogP contribution in [0.4, 0.5) is 5.69 Å². The van der Waals surface area contributed by atoms with Crippen LogP contribution in [-0.4, -0.2) is 24.9 Å². The number of carbonyl (C=O) groups excluding carboxylic acids is 2. The second kappa shape index (κ2) is 6.10. The molecule has 2 amide bonds. The van der Waals surface area contributed by atoms with E-state index in [2.05, 4.69) is 27.2 Å². The molecule has 0 saturated carbocycles. The maximum absolute atomic E-state index is 12.1. The topological polar surface area (TPSA) is 49.4 Å². The summed E-state index contributed by atoms with van der Waals surface area (Å²) in [5.74, 6) is 1.83. The Kier molecular flexibility index (Phi) is 4.46. The number of hydrogen-bond acceptors (Lipinski definition) is 2. The van der Waals surface area contributed by atoms with Gasteiger partial charge in [-0.1, -0.05) is 21.9 Å². The van der Waals surface area contributed by atoms with Crippen LogP contribution in [0.25, 0.3) is 0 Å². The molecule has 20 heavy (non-hydrogen) atoms. The Morgan fingerprint density at radius 3 is 3.00 bits per heavy atom. The van der Waals surface area contributed by atoms with E-state index in [1.807, 2.05) is 25.1 Å². The number of nitrogens with one attached hydrogen (secondary N) is 1. The molecule has 1 aromatic carbocycles. The second-order valence-corrected chi connectivity index (χ2v) is 5.67. The minimum atomic E-state index is -0.334. The van der Waals surface area contributed by atoms with E-state index in [-0.39, 0.29) is 30.7 Å². The third-order valence-corrected chi connectivity index (χ3v) is 3.80. The number of aryl methyl sites for hydroxylation is 1. The van der Waals surface area contributed by atoms with Gasteiger partial charge in [-0.2, -0.15) is 0 Å². The van der Waals surface area contributed by atoms with Crippen molar-refractivity contribution in [2.24, 2.45) is 5.92 Å². The molecule has 1 aliphatic rings. The van der Waals surface area contributed by atoms with E-state index in [4.69, 9.17) is 6.42 Å². The molecule has 0 radical (unpaired) electrons. The summed E-state index contributed by atoms with van der Waals surface area (Å²) in [5.41, 5.74) is 1.85. The molecule has 4 nitrogen and oxygen atoms in total. The molecule has 1 N–H and O–H groups in total. The predicted molar refractivity (Wildman–Crippen MR) is 81.2 cm³/mol. The molecule has 0 aromatic heterocycles. The SMILES string of the molecule is C#CCNC(=O)C1CC(=O)N(c2ccc(Br)cc2C)C1. The first-order chi connectivity index (χ1) is 9.52. The smallest absolute Gasteiger partial charge is 0.227 e. The van der Waals surface area contributed by atoms with E-state index in [9.17, 15) is 9.59 Å². The number of anilines is 1. The summed E-state index contributed by atoms with van der Waals surface area (Å²) in [6, 6.07) is 5.73. The van der Waals surface area contributed by atoms with Gasteiger partial charge in [-0.05, 0) is 30.7 Å². The van der Waals surface area contributed by atoms with Crippen molar-refractivity contribution in [3.05, 3.63) is 28.2 Å². The summed E-state index contributed by atoms with van der Waals surface area (Å²) >= 11 is 3.40. The van der Waals surface area contributed by atoms with Crippen LogP contribution in [0.3, 0.4) is 0 Å². The molecule has 1 heterocycles. The summed E-state index contributed by atoms with van der Waals surface area (Å²) < 4.78 is 0.966. The summed E-state index contributed by atoms with van der Waals surface area (Å²) in [4.78, 5) is 25.6. The first-order valence-corrected chi connectivity index (χ1v) is 7.10. The number of carbonyl (C=O) groups is 2. The zero-order valence-corrected chi connectivity index (χ0v) is 12.7. The van der Waals surface area contributed by atoms with Crippen molar-refractivity contribution in [1.82, 2.24) is 5.32 Å². The third-order valence-electron chi connectivity index (χ3n) is 3.31. The fourth-order valence-electron chi connectivity index (χ4n) is 2.32. The average Bonchev–Trinajstić information content (AvgIpc) is 2.78. The van der Waals surface area contributed by atoms with Gasteiger partial charge >= 0.3 is 0 Å². The molecule has 2 rings (SSSR count). The molecular formula is C15H15BrN2O2. The van der Waals surface area contributed by atoms with Crippen LogP contribution >= 0.6 is 15.9 Å². The Balaban J connectivity index is 2.13. The van der Waals surface area contributed by atoms with E-state index in [0.717, 1.165) is 15.7 Å². The van der Waals surface area contributed by atoms with Crippen molar-refractivity contribution < 1.29 is 9.59 Å². The maximum atomic E-state index is 12.1. The molecule has 1 atom stereocenters. The predicted octanol–water partition coefficient (Wildman–Crippen LogP) is 1.86. The highest BCUT2D eigenvalue weighted by atomic mass is 79.9. The van der Waals surface area contributed by atoms with Crippen LogP contribution in [0.1, 0.15) is 12.0 Å². The maximum Gasteiger partial charge on any atom is 0.227 e. The highest BCUT2D eigenvalue weighted by molar-refractivity contribution is 9.10. The van der Waals surface area contributed by atoms with Gasteiger partial charge in [0.05, 0.1) is 12.5 Å². The second-order valence-electron chi connectivity index (χ2n) is 4.76. The van der Waals surface area contributed by atoms with Crippen molar-refractivity contribution in [1.29, 1.82) is 0 Å². The molecular weight excluding hydrogens is 320 g/mol. The standard InChI is InChI=1S/C15H15BrN2O2/c1-3-6-17-15(20)11-8-14(19)18(9-11)13-5-4-12(16)7-10(13)2/h1,4-5,7,11H,6,8-9H2,2H3,(H,17,20). The van der Waals surface area contributed by atoms with E-state index >= 15 is 0 Å². The number of nitrogens with zero attached hydrogens (tertiary/aromatic N) is 1. The highest BCUT2D eigenvalue weighted by Crippen LogP contribution is 2.29. The molecule has 5 heteroatoms. The lowest BCUT2D eigenvalue weighted by Crippen LogP contribution is -2.33. The molecule has 104 valence electrons. The molecule has 1 unspecified atom stereocenters. The normalized spacial score (nSPS) is 17.9. The van der Waals surface area contributed by atoms with Crippen LogP contribution in [0, 0.1) is 25.2 Å². The van der Waals surface area contributed by atoms with Gasteiger partial charge in [-0.25, -0.2) is 0 Å². The van der Waals surface area contributed by atoms with Crippen molar-refractivity contribution in [3.63, 3.8) is 0 Å². The van der Waals surface area contributed by atoms with Gasteiger partial charge in [0.15, 0.2) is 0 Å². The Bertz CT molecular complexity index is 592. The lowest BCUT2D eigenvalue weighted by atomic mass is 10.1. The van der Waals surface area contributed by atoms with Gasteiger partial charge in [0.1, 0.15) is 0 Å². The number of amides is 2. The van der Waals surface area contributed by atoms with Crippen molar-refractivity contribution in [3.8, 4) is 12.3 Å². The van der Waals surface area contributed by atoms with E-state index in [1.165, 1.54) is 0 Å². The molecule has 1 fully saturated rings. The Hall–Kier alpha value is -1.80. The zero-order valence-electron chi connectivity index (χ0n) is 11.1. The van der Waals surface area contributed by atoms with Gasteiger partial charge in [0, 0.05) is 23.1 Å². The van der Waals surface area contributed by atoms with Crippen LogP contribution < -0.4 is 10.2 Å². The Morgan fingerprint density at radius 2 is 2.35 bits per heavy atom. The summed E-state index contributed by atoms with van der Waals surface area (Å²) in [6.07, 6.45) is 5.34. The third kappa shape index (κ3) is 3.02. The van der Waals surface area contributed by atoms with Gasteiger partial charge in [0.2, 0.25) is 11.8 Å².